The molecule has 3 rings (SSSR count). The summed E-state index contributed by atoms with van der Waals surface area (Å²) in [4.78, 5) is 13.8. The molecule has 21 heavy (non-hydrogen) atoms. The summed E-state index contributed by atoms with van der Waals surface area (Å²) in [6, 6.07) is 6.59. The zero-order chi connectivity index (χ0) is 14.7. The molecular weight excluding hydrogens is 268 g/mol. The number of nitrogens with one attached hydrogen (secondary N) is 1. The number of aryl methyl sites for hydroxylation is 1. The minimum Gasteiger partial charge on any atom is -0.484 e. The molecular formula is C16H22N2O3. The summed E-state index contributed by atoms with van der Waals surface area (Å²) in [5.74, 6) is 0.819. The Kier molecular flexibility index (Phi) is 4.41. The number of benzene rings is 1. The standard InChI is InChI=1S/C16H22N2O3/c1-17-15-5-2-12-10-13(3-4-14(12)15)21-11-16(19)18-6-8-20-9-7-18/h3-4,10,15,17H,2,5-9,11H2,1H3. The van der Waals surface area contributed by atoms with Crippen LogP contribution in [0.3, 0.4) is 0 Å². The fourth-order valence-corrected chi connectivity index (χ4v) is 3.03. The number of carbonyl (C=O) groups is 1. The predicted molar refractivity (Wildman–Crippen MR) is 79.5 cm³/mol. The number of fused-ring (bicyclic) bond motifs is 1. The number of rotatable bonds is 4. The molecule has 1 fully saturated rings. The highest BCUT2D eigenvalue weighted by molar-refractivity contribution is 5.77. The van der Waals surface area contributed by atoms with Gasteiger partial charge in [-0.25, -0.2) is 0 Å². The van der Waals surface area contributed by atoms with Crippen LogP contribution in [0.4, 0.5) is 0 Å². The third-order valence-corrected chi connectivity index (χ3v) is 4.27. The first kappa shape index (κ1) is 14.4. The first-order chi connectivity index (χ1) is 10.3. The Morgan fingerprint density at radius 2 is 2.24 bits per heavy atom. The second kappa shape index (κ2) is 6.45. The summed E-state index contributed by atoms with van der Waals surface area (Å²) in [6.07, 6.45) is 2.19. The number of hydrogen-bond acceptors (Lipinski definition) is 4. The van der Waals surface area contributed by atoms with Gasteiger partial charge in [0, 0.05) is 19.1 Å². The van der Waals surface area contributed by atoms with E-state index in [1.807, 2.05) is 13.1 Å². The molecule has 1 saturated heterocycles. The lowest BCUT2D eigenvalue weighted by atomic mass is 10.1. The lowest BCUT2D eigenvalue weighted by Crippen LogP contribution is -2.42. The molecule has 0 spiro atoms. The van der Waals surface area contributed by atoms with Crippen molar-refractivity contribution in [1.82, 2.24) is 10.2 Å². The average Bonchev–Trinajstić information content (AvgIpc) is 2.95. The van der Waals surface area contributed by atoms with Gasteiger partial charge < -0.3 is 19.7 Å². The maximum atomic E-state index is 12.0. The normalized spacial score (nSPS) is 21.2. The first-order valence-electron chi connectivity index (χ1n) is 7.56. The van der Waals surface area contributed by atoms with Crippen LogP contribution in [0.15, 0.2) is 18.2 Å². The van der Waals surface area contributed by atoms with Gasteiger partial charge in [0.25, 0.3) is 5.91 Å². The van der Waals surface area contributed by atoms with Gasteiger partial charge in [-0.1, -0.05) is 6.07 Å². The van der Waals surface area contributed by atoms with Crippen molar-refractivity contribution in [2.75, 3.05) is 40.0 Å². The number of ether oxygens (including phenoxy) is 2. The molecule has 1 aromatic carbocycles. The van der Waals surface area contributed by atoms with Crippen LogP contribution in [0, 0.1) is 0 Å². The third kappa shape index (κ3) is 3.19. The molecule has 1 aliphatic heterocycles. The number of morpholine rings is 1. The van der Waals surface area contributed by atoms with Crippen LogP contribution in [0.1, 0.15) is 23.6 Å². The average molecular weight is 290 g/mol. The fraction of sp³-hybridized carbons (Fsp3) is 0.562. The van der Waals surface area contributed by atoms with Crippen LogP contribution in [0.5, 0.6) is 5.75 Å². The highest BCUT2D eigenvalue weighted by atomic mass is 16.5. The molecule has 1 heterocycles. The minimum absolute atomic E-state index is 0.0342. The summed E-state index contributed by atoms with van der Waals surface area (Å²) in [5, 5.41) is 3.32. The van der Waals surface area contributed by atoms with Gasteiger partial charge in [0.15, 0.2) is 6.61 Å². The molecule has 1 unspecified atom stereocenters. The van der Waals surface area contributed by atoms with E-state index in [1.165, 1.54) is 11.1 Å². The topological polar surface area (TPSA) is 50.8 Å². The van der Waals surface area contributed by atoms with Crippen molar-refractivity contribution in [2.24, 2.45) is 0 Å². The molecule has 1 N–H and O–H groups in total. The highest BCUT2D eigenvalue weighted by Gasteiger charge is 2.22. The van der Waals surface area contributed by atoms with Crippen molar-refractivity contribution in [3.05, 3.63) is 29.3 Å². The lowest BCUT2D eigenvalue weighted by molar-refractivity contribution is -0.137. The van der Waals surface area contributed by atoms with Gasteiger partial charge in [0.05, 0.1) is 13.2 Å². The molecule has 114 valence electrons. The second-order valence-electron chi connectivity index (χ2n) is 5.52. The van der Waals surface area contributed by atoms with Gasteiger partial charge in [0.1, 0.15) is 5.75 Å². The van der Waals surface area contributed by atoms with Gasteiger partial charge in [0.2, 0.25) is 0 Å². The zero-order valence-corrected chi connectivity index (χ0v) is 12.4. The van der Waals surface area contributed by atoms with Crippen molar-refractivity contribution >= 4 is 5.91 Å². The number of amides is 1. The van der Waals surface area contributed by atoms with E-state index < -0.39 is 0 Å². The minimum atomic E-state index is 0.0342. The number of carbonyl (C=O) groups excluding carboxylic acids is 1. The van der Waals surface area contributed by atoms with E-state index in [2.05, 4.69) is 17.4 Å². The first-order valence-corrected chi connectivity index (χ1v) is 7.56. The summed E-state index contributed by atoms with van der Waals surface area (Å²) in [5.41, 5.74) is 2.68. The smallest absolute Gasteiger partial charge is 0.260 e. The molecule has 1 aliphatic carbocycles. The number of nitrogens with zero attached hydrogens (tertiary/aromatic N) is 1. The van der Waals surface area contributed by atoms with Crippen LogP contribution in [-0.4, -0.2) is 50.8 Å². The molecule has 1 atom stereocenters. The molecule has 0 aromatic heterocycles. The van der Waals surface area contributed by atoms with E-state index in [-0.39, 0.29) is 12.5 Å². The Morgan fingerprint density at radius 3 is 3.00 bits per heavy atom. The number of hydrogen-bond donors (Lipinski definition) is 1. The molecule has 2 aliphatic rings. The molecule has 5 nitrogen and oxygen atoms in total. The van der Waals surface area contributed by atoms with E-state index in [1.54, 1.807) is 4.90 Å². The van der Waals surface area contributed by atoms with E-state index in [0.29, 0.717) is 32.3 Å². The van der Waals surface area contributed by atoms with E-state index in [0.717, 1.165) is 18.6 Å². The van der Waals surface area contributed by atoms with Crippen molar-refractivity contribution in [1.29, 1.82) is 0 Å². The van der Waals surface area contributed by atoms with Gasteiger partial charge >= 0.3 is 0 Å². The fourth-order valence-electron chi connectivity index (χ4n) is 3.03. The molecule has 0 radical (unpaired) electrons. The van der Waals surface area contributed by atoms with Gasteiger partial charge in [-0.3, -0.25) is 4.79 Å². The Morgan fingerprint density at radius 1 is 1.43 bits per heavy atom. The van der Waals surface area contributed by atoms with Crippen LogP contribution in [-0.2, 0) is 16.0 Å². The maximum Gasteiger partial charge on any atom is 0.260 e. The molecule has 1 amide bonds. The van der Waals surface area contributed by atoms with Crippen molar-refractivity contribution in [2.45, 2.75) is 18.9 Å². The zero-order valence-electron chi connectivity index (χ0n) is 12.4. The summed E-state index contributed by atoms with van der Waals surface area (Å²) in [7, 11) is 1.99. The largest absolute Gasteiger partial charge is 0.484 e. The summed E-state index contributed by atoms with van der Waals surface area (Å²) in [6.45, 7) is 2.67. The Balaban J connectivity index is 1.57. The van der Waals surface area contributed by atoms with Crippen molar-refractivity contribution < 1.29 is 14.3 Å². The van der Waals surface area contributed by atoms with Crippen molar-refractivity contribution in [3.8, 4) is 5.75 Å². The van der Waals surface area contributed by atoms with Gasteiger partial charge in [-0.2, -0.15) is 0 Å². The molecule has 1 aromatic rings. The SMILES string of the molecule is CNC1CCc2cc(OCC(=O)N3CCOCC3)ccc21. The van der Waals surface area contributed by atoms with Gasteiger partial charge in [-0.15, -0.1) is 0 Å². The highest BCUT2D eigenvalue weighted by Crippen LogP contribution is 2.33. The second-order valence-corrected chi connectivity index (χ2v) is 5.52. The third-order valence-electron chi connectivity index (χ3n) is 4.27. The monoisotopic (exact) mass is 290 g/mol. The Hall–Kier alpha value is -1.59. The Labute approximate surface area is 125 Å². The lowest BCUT2D eigenvalue weighted by Gasteiger charge is -2.26. The quantitative estimate of drug-likeness (QED) is 0.903. The molecule has 0 saturated carbocycles. The van der Waals surface area contributed by atoms with Crippen molar-refractivity contribution in [3.63, 3.8) is 0 Å². The van der Waals surface area contributed by atoms with E-state index in [9.17, 15) is 4.79 Å². The summed E-state index contributed by atoms with van der Waals surface area (Å²) >= 11 is 0. The maximum absolute atomic E-state index is 12.0. The van der Waals surface area contributed by atoms with Crippen LogP contribution < -0.4 is 10.1 Å². The Bertz CT molecular complexity index is 512. The summed E-state index contributed by atoms with van der Waals surface area (Å²) < 4.78 is 10.9. The van der Waals surface area contributed by atoms with E-state index in [4.69, 9.17) is 9.47 Å². The molecule has 5 heteroatoms. The predicted octanol–water partition coefficient (Wildman–Crippen LogP) is 1.13. The van der Waals surface area contributed by atoms with E-state index >= 15 is 0 Å². The van der Waals surface area contributed by atoms with Gasteiger partial charge in [-0.05, 0) is 43.1 Å². The van der Waals surface area contributed by atoms with Crippen LogP contribution >= 0.6 is 0 Å². The molecule has 0 bridgehead atoms. The van der Waals surface area contributed by atoms with Crippen LogP contribution in [0.2, 0.25) is 0 Å². The van der Waals surface area contributed by atoms with Crippen LogP contribution in [0.25, 0.3) is 0 Å².